The van der Waals surface area contributed by atoms with Gasteiger partial charge in [-0.05, 0) is 31.0 Å². The number of anilines is 1. The number of rotatable bonds is 4. The van der Waals surface area contributed by atoms with Gasteiger partial charge in [0.1, 0.15) is 6.54 Å². The molecule has 0 radical (unpaired) electrons. The largest absolute Gasteiger partial charge is 0.352 e. The van der Waals surface area contributed by atoms with Crippen LogP contribution in [0.15, 0.2) is 24.3 Å². The van der Waals surface area contributed by atoms with Gasteiger partial charge in [-0.3, -0.25) is 9.69 Å². The number of halogens is 1. The molecule has 1 saturated heterocycles. The van der Waals surface area contributed by atoms with E-state index in [1.807, 2.05) is 12.1 Å². The highest BCUT2D eigenvalue weighted by Gasteiger charge is 2.31. The minimum Gasteiger partial charge on any atom is -0.352 e. The molecule has 1 aliphatic carbocycles. The monoisotopic (exact) mass is 349 g/mol. The number of carbonyl (C=O) groups is 2. The van der Waals surface area contributed by atoms with E-state index in [2.05, 4.69) is 5.32 Å². The van der Waals surface area contributed by atoms with Crippen molar-refractivity contribution in [1.82, 2.24) is 10.2 Å². The maximum atomic E-state index is 12.5. The number of amides is 3. The normalized spacial score (nSPS) is 19.5. The summed E-state index contributed by atoms with van der Waals surface area (Å²) in [6, 6.07) is 7.37. The minimum absolute atomic E-state index is 0.0526. The third-order valence-corrected chi connectivity index (χ3v) is 5.00. The zero-order valence-electron chi connectivity index (χ0n) is 13.8. The van der Waals surface area contributed by atoms with Gasteiger partial charge in [0.25, 0.3) is 0 Å². The fourth-order valence-electron chi connectivity index (χ4n) is 3.48. The summed E-state index contributed by atoms with van der Waals surface area (Å²) in [5, 5.41) is 3.70. The van der Waals surface area contributed by atoms with Gasteiger partial charge in [-0.1, -0.05) is 43.4 Å². The van der Waals surface area contributed by atoms with Crippen LogP contribution in [-0.2, 0) is 4.79 Å². The van der Waals surface area contributed by atoms with Crippen molar-refractivity contribution in [3.05, 3.63) is 29.3 Å². The second-order valence-electron chi connectivity index (χ2n) is 6.59. The maximum absolute atomic E-state index is 12.5. The summed E-state index contributed by atoms with van der Waals surface area (Å²) in [7, 11) is 0. The standard InChI is InChI=1S/C18H24ClN3O2/c19-14-6-5-9-16(12-14)22-11-10-21(18(22)24)13-17(23)20-15-7-3-1-2-4-8-15/h5-6,9,12,15H,1-4,7-8,10-11,13H2,(H,20,23). The summed E-state index contributed by atoms with van der Waals surface area (Å²) in [4.78, 5) is 28.1. The highest BCUT2D eigenvalue weighted by Crippen LogP contribution is 2.23. The minimum atomic E-state index is -0.131. The number of hydrogen-bond donors (Lipinski definition) is 1. The molecule has 130 valence electrons. The Morgan fingerprint density at radius 3 is 2.62 bits per heavy atom. The smallest absolute Gasteiger partial charge is 0.325 e. The van der Waals surface area contributed by atoms with Crippen LogP contribution in [0.4, 0.5) is 10.5 Å². The summed E-state index contributed by atoms with van der Waals surface area (Å²) in [5.74, 6) is -0.0526. The highest BCUT2D eigenvalue weighted by atomic mass is 35.5. The van der Waals surface area contributed by atoms with E-state index in [1.165, 1.54) is 25.7 Å². The van der Waals surface area contributed by atoms with E-state index in [0.717, 1.165) is 18.5 Å². The lowest BCUT2D eigenvalue weighted by Gasteiger charge is -2.21. The summed E-state index contributed by atoms with van der Waals surface area (Å²) in [6.07, 6.45) is 6.96. The van der Waals surface area contributed by atoms with E-state index in [4.69, 9.17) is 11.6 Å². The van der Waals surface area contributed by atoms with Gasteiger partial charge in [-0.25, -0.2) is 4.79 Å². The quantitative estimate of drug-likeness (QED) is 0.847. The Kier molecular flexibility index (Phi) is 5.61. The molecule has 1 aromatic carbocycles. The number of nitrogens with one attached hydrogen (secondary N) is 1. The van der Waals surface area contributed by atoms with Crippen molar-refractivity contribution in [2.45, 2.75) is 44.6 Å². The van der Waals surface area contributed by atoms with Gasteiger partial charge in [-0.15, -0.1) is 0 Å². The molecular weight excluding hydrogens is 326 g/mol. The summed E-state index contributed by atoms with van der Waals surface area (Å²) >= 11 is 6.00. The first-order chi connectivity index (χ1) is 11.6. The zero-order valence-corrected chi connectivity index (χ0v) is 14.6. The molecule has 0 unspecified atom stereocenters. The van der Waals surface area contributed by atoms with Crippen LogP contribution in [0.3, 0.4) is 0 Å². The number of urea groups is 1. The summed E-state index contributed by atoms with van der Waals surface area (Å²) in [5.41, 5.74) is 0.777. The van der Waals surface area contributed by atoms with Crippen LogP contribution < -0.4 is 10.2 Å². The van der Waals surface area contributed by atoms with Gasteiger partial charge in [0.05, 0.1) is 0 Å². The molecule has 0 bridgehead atoms. The van der Waals surface area contributed by atoms with Crippen molar-refractivity contribution in [2.24, 2.45) is 0 Å². The van der Waals surface area contributed by atoms with Crippen molar-refractivity contribution in [1.29, 1.82) is 0 Å². The third-order valence-electron chi connectivity index (χ3n) is 4.77. The predicted molar refractivity (Wildman–Crippen MR) is 95.4 cm³/mol. The molecule has 2 fully saturated rings. The highest BCUT2D eigenvalue weighted by molar-refractivity contribution is 6.30. The first-order valence-electron chi connectivity index (χ1n) is 8.75. The molecule has 24 heavy (non-hydrogen) atoms. The molecule has 1 N–H and O–H groups in total. The van der Waals surface area contributed by atoms with E-state index < -0.39 is 0 Å². The van der Waals surface area contributed by atoms with Crippen LogP contribution in [0.25, 0.3) is 0 Å². The summed E-state index contributed by atoms with van der Waals surface area (Å²) in [6.45, 7) is 1.27. The molecule has 0 aromatic heterocycles. The Morgan fingerprint density at radius 2 is 1.92 bits per heavy atom. The second kappa shape index (κ2) is 7.88. The third kappa shape index (κ3) is 4.20. The Bertz CT molecular complexity index is 600. The SMILES string of the molecule is O=C(CN1CCN(c2cccc(Cl)c2)C1=O)NC1CCCCCC1. The topological polar surface area (TPSA) is 52.7 Å². The lowest BCUT2D eigenvalue weighted by atomic mass is 10.1. The second-order valence-corrected chi connectivity index (χ2v) is 7.03. The van der Waals surface area contributed by atoms with Crippen molar-refractivity contribution in [3.63, 3.8) is 0 Å². The Morgan fingerprint density at radius 1 is 1.17 bits per heavy atom. The first kappa shape index (κ1) is 17.1. The van der Waals surface area contributed by atoms with Crippen LogP contribution in [0.1, 0.15) is 38.5 Å². The summed E-state index contributed by atoms with van der Waals surface area (Å²) < 4.78 is 0. The van der Waals surface area contributed by atoms with Crippen molar-refractivity contribution in [3.8, 4) is 0 Å². The van der Waals surface area contributed by atoms with Crippen LogP contribution in [0.5, 0.6) is 0 Å². The molecule has 1 saturated carbocycles. The molecule has 1 aromatic rings. The van der Waals surface area contributed by atoms with Crippen molar-refractivity contribution in [2.75, 3.05) is 24.5 Å². The molecule has 3 rings (SSSR count). The van der Waals surface area contributed by atoms with Gasteiger partial charge >= 0.3 is 6.03 Å². The Labute approximate surface area is 147 Å². The van der Waals surface area contributed by atoms with E-state index in [1.54, 1.807) is 21.9 Å². The maximum Gasteiger partial charge on any atom is 0.325 e. The van der Waals surface area contributed by atoms with E-state index in [-0.39, 0.29) is 24.5 Å². The number of nitrogens with zero attached hydrogens (tertiary/aromatic N) is 2. The van der Waals surface area contributed by atoms with Crippen LogP contribution in [-0.4, -0.2) is 42.5 Å². The predicted octanol–water partition coefficient (Wildman–Crippen LogP) is 3.42. The average molecular weight is 350 g/mol. The average Bonchev–Trinajstić information content (AvgIpc) is 2.75. The van der Waals surface area contributed by atoms with Crippen LogP contribution >= 0.6 is 11.6 Å². The molecule has 0 spiro atoms. The molecule has 2 aliphatic rings. The number of carbonyl (C=O) groups excluding carboxylic acids is 2. The fourth-order valence-corrected chi connectivity index (χ4v) is 3.67. The van der Waals surface area contributed by atoms with Gasteiger partial charge < -0.3 is 10.2 Å². The number of hydrogen-bond acceptors (Lipinski definition) is 2. The Hall–Kier alpha value is -1.75. The van der Waals surface area contributed by atoms with E-state index in [0.29, 0.717) is 18.1 Å². The van der Waals surface area contributed by atoms with E-state index in [9.17, 15) is 9.59 Å². The molecule has 6 heteroatoms. The molecule has 0 atom stereocenters. The first-order valence-corrected chi connectivity index (χ1v) is 9.12. The van der Waals surface area contributed by atoms with Crippen LogP contribution in [0.2, 0.25) is 5.02 Å². The van der Waals surface area contributed by atoms with Crippen molar-refractivity contribution >= 4 is 29.2 Å². The van der Waals surface area contributed by atoms with Crippen molar-refractivity contribution < 1.29 is 9.59 Å². The van der Waals surface area contributed by atoms with Gasteiger partial charge in [0.15, 0.2) is 0 Å². The molecule has 5 nitrogen and oxygen atoms in total. The van der Waals surface area contributed by atoms with Gasteiger partial charge in [0.2, 0.25) is 5.91 Å². The van der Waals surface area contributed by atoms with E-state index >= 15 is 0 Å². The molecular formula is C18H24ClN3O2. The Balaban J connectivity index is 1.54. The molecule has 1 heterocycles. The molecule has 1 aliphatic heterocycles. The zero-order chi connectivity index (χ0) is 16.9. The molecule has 3 amide bonds. The van der Waals surface area contributed by atoms with Gasteiger partial charge in [0, 0.05) is 29.8 Å². The fraction of sp³-hybridized carbons (Fsp3) is 0.556. The van der Waals surface area contributed by atoms with Gasteiger partial charge in [-0.2, -0.15) is 0 Å². The lowest BCUT2D eigenvalue weighted by Crippen LogP contribution is -2.43. The lowest BCUT2D eigenvalue weighted by molar-refractivity contribution is -0.122. The van der Waals surface area contributed by atoms with Crippen LogP contribution in [0, 0.1) is 0 Å². The number of benzene rings is 1.